The summed E-state index contributed by atoms with van der Waals surface area (Å²) in [6.45, 7) is 0. The summed E-state index contributed by atoms with van der Waals surface area (Å²) in [6, 6.07) is 3.50. The molecule has 1 aromatic carbocycles. The lowest BCUT2D eigenvalue weighted by Crippen LogP contribution is -2.09. The minimum atomic E-state index is -3.00. The summed E-state index contributed by atoms with van der Waals surface area (Å²) < 4.78 is 29.8. The molecule has 0 aliphatic carbocycles. The van der Waals surface area contributed by atoms with Crippen LogP contribution >= 0.6 is 0 Å². The minimum Gasteiger partial charge on any atom is -0.465 e. The molecular formula is C11H7F2NO3. The van der Waals surface area contributed by atoms with Crippen LogP contribution in [0.1, 0.15) is 38.3 Å². The van der Waals surface area contributed by atoms with Gasteiger partial charge in [0.25, 0.3) is 6.43 Å². The number of nitriles is 1. The Hall–Kier alpha value is -2.29. The smallest absolute Gasteiger partial charge is 0.338 e. The molecule has 0 bridgehead atoms. The summed E-state index contributed by atoms with van der Waals surface area (Å²) in [5.74, 6) is -1.01. The van der Waals surface area contributed by atoms with Crippen LogP contribution in [0.15, 0.2) is 12.1 Å². The zero-order valence-electron chi connectivity index (χ0n) is 8.74. The van der Waals surface area contributed by atoms with E-state index in [1.54, 1.807) is 0 Å². The van der Waals surface area contributed by atoms with Gasteiger partial charge in [-0.3, -0.25) is 4.79 Å². The molecule has 88 valence electrons. The van der Waals surface area contributed by atoms with Crippen LogP contribution in [0.4, 0.5) is 8.78 Å². The highest BCUT2D eigenvalue weighted by Gasteiger charge is 2.23. The van der Waals surface area contributed by atoms with Crippen molar-refractivity contribution in [2.75, 3.05) is 7.11 Å². The number of methoxy groups -OCH3 is 1. The maximum atomic E-state index is 12.8. The first-order chi connectivity index (χ1) is 8.04. The Balaban J connectivity index is 3.59. The number of carbonyl (C=O) groups is 2. The van der Waals surface area contributed by atoms with Gasteiger partial charge in [0.05, 0.1) is 29.9 Å². The number of benzene rings is 1. The lowest BCUT2D eigenvalue weighted by atomic mass is 9.98. The van der Waals surface area contributed by atoms with Gasteiger partial charge in [-0.1, -0.05) is 0 Å². The highest BCUT2D eigenvalue weighted by atomic mass is 19.3. The minimum absolute atomic E-state index is 0.0358. The van der Waals surface area contributed by atoms with Gasteiger partial charge in [-0.05, 0) is 12.1 Å². The quantitative estimate of drug-likeness (QED) is 0.598. The molecule has 4 nitrogen and oxygen atoms in total. The van der Waals surface area contributed by atoms with Crippen molar-refractivity contribution in [2.24, 2.45) is 0 Å². The van der Waals surface area contributed by atoms with E-state index in [1.807, 2.05) is 0 Å². The van der Waals surface area contributed by atoms with Crippen molar-refractivity contribution in [1.82, 2.24) is 0 Å². The number of hydrogen-bond acceptors (Lipinski definition) is 4. The van der Waals surface area contributed by atoms with Crippen LogP contribution in [0.2, 0.25) is 0 Å². The van der Waals surface area contributed by atoms with E-state index in [0.717, 1.165) is 19.2 Å². The summed E-state index contributed by atoms with van der Waals surface area (Å²) in [5, 5.41) is 8.71. The lowest BCUT2D eigenvalue weighted by Gasteiger charge is -2.09. The Bertz CT molecular complexity index is 506. The van der Waals surface area contributed by atoms with Gasteiger partial charge in [0.15, 0.2) is 0 Å². The van der Waals surface area contributed by atoms with E-state index in [0.29, 0.717) is 6.29 Å². The van der Waals surface area contributed by atoms with E-state index in [4.69, 9.17) is 5.26 Å². The number of hydrogen-bond donors (Lipinski definition) is 0. The second kappa shape index (κ2) is 5.16. The molecule has 0 heterocycles. The Morgan fingerprint density at radius 3 is 2.59 bits per heavy atom. The van der Waals surface area contributed by atoms with Crippen molar-refractivity contribution in [3.8, 4) is 6.07 Å². The van der Waals surface area contributed by atoms with Gasteiger partial charge in [0, 0.05) is 5.56 Å². The van der Waals surface area contributed by atoms with Crippen molar-refractivity contribution in [2.45, 2.75) is 6.43 Å². The molecule has 1 rings (SSSR count). The predicted octanol–water partition coefficient (Wildman–Crippen LogP) is 2.09. The SMILES string of the molecule is COC(=O)c1cc(C=O)cc(C#N)c1C(F)F. The normalized spacial score (nSPS) is 9.82. The van der Waals surface area contributed by atoms with Gasteiger partial charge in [0.2, 0.25) is 0 Å². The molecule has 0 saturated heterocycles. The fourth-order valence-corrected chi connectivity index (χ4v) is 1.35. The molecule has 0 spiro atoms. The fraction of sp³-hybridized carbons (Fsp3) is 0.182. The van der Waals surface area contributed by atoms with E-state index in [9.17, 15) is 18.4 Å². The van der Waals surface area contributed by atoms with Crippen molar-refractivity contribution in [3.05, 3.63) is 34.4 Å². The standard InChI is InChI=1S/C11H7F2NO3/c1-17-11(16)8-3-6(5-15)2-7(4-14)9(8)10(12)13/h2-3,5,10H,1H3. The number of rotatable bonds is 3. The maximum Gasteiger partial charge on any atom is 0.338 e. The Labute approximate surface area is 95.4 Å². The molecule has 0 saturated carbocycles. The molecule has 0 amide bonds. The van der Waals surface area contributed by atoms with E-state index < -0.39 is 29.1 Å². The summed E-state index contributed by atoms with van der Waals surface area (Å²) >= 11 is 0. The molecule has 0 unspecified atom stereocenters. The van der Waals surface area contributed by atoms with Crippen LogP contribution in [0, 0.1) is 11.3 Å². The zero-order chi connectivity index (χ0) is 13.0. The average Bonchev–Trinajstić information content (AvgIpc) is 2.35. The molecule has 0 fully saturated rings. The van der Waals surface area contributed by atoms with Crippen LogP contribution in [0.25, 0.3) is 0 Å². The number of esters is 1. The second-order valence-corrected chi connectivity index (χ2v) is 3.05. The Kier molecular flexibility index (Phi) is 3.88. The predicted molar refractivity (Wildman–Crippen MR) is 52.8 cm³/mol. The van der Waals surface area contributed by atoms with Gasteiger partial charge >= 0.3 is 5.97 Å². The molecule has 0 aromatic heterocycles. The van der Waals surface area contributed by atoms with Crippen molar-refractivity contribution < 1.29 is 23.1 Å². The Morgan fingerprint density at radius 2 is 2.18 bits per heavy atom. The largest absolute Gasteiger partial charge is 0.465 e. The molecule has 0 radical (unpaired) electrons. The van der Waals surface area contributed by atoms with E-state index in [2.05, 4.69) is 4.74 Å². The van der Waals surface area contributed by atoms with E-state index in [-0.39, 0.29) is 5.56 Å². The first-order valence-corrected chi connectivity index (χ1v) is 4.44. The van der Waals surface area contributed by atoms with Crippen molar-refractivity contribution >= 4 is 12.3 Å². The van der Waals surface area contributed by atoms with E-state index in [1.165, 1.54) is 6.07 Å². The first kappa shape index (κ1) is 12.8. The summed E-state index contributed by atoms with van der Waals surface area (Å²) in [4.78, 5) is 21.9. The van der Waals surface area contributed by atoms with Crippen LogP contribution < -0.4 is 0 Å². The number of ether oxygens (including phenoxy) is 1. The van der Waals surface area contributed by atoms with Gasteiger partial charge in [0.1, 0.15) is 6.29 Å². The topological polar surface area (TPSA) is 67.2 Å². The van der Waals surface area contributed by atoms with Crippen molar-refractivity contribution in [1.29, 1.82) is 5.26 Å². The van der Waals surface area contributed by atoms with Crippen LogP contribution in [-0.2, 0) is 4.74 Å². The molecule has 0 N–H and O–H groups in total. The number of alkyl halides is 2. The Morgan fingerprint density at radius 1 is 1.53 bits per heavy atom. The van der Waals surface area contributed by atoms with Crippen LogP contribution in [0.3, 0.4) is 0 Å². The summed E-state index contributed by atoms with van der Waals surface area (Å²) in [7, 11) is 1.03. The van der Waals surface area contributed by atoms with Crippen LogP contribution in [0.5, 0.6) is 0 Å². The van der Waals surface area contributed by atoms with Gasteiger partial charge in [-0.2, -0.15) is 5.26 Å². The number of halogens is 2. The number of carbonyl (C=O) groups excluding carboxylic acids is 2. The molecule has 6 heteroatoms. The maximum absolute atomic E-state index is 12.8. The molecule has 0 aliphatic rings. The third-order valence-corrected chi connectivity index (χ3v) is 2.08. The number of aldehydes is 1. The highest BCUT2D eigenvalue weighted by Crippen LogP contribution is 2.28. The third kappa shape index (κ3) is 2.45. The molecular weight excluding hydrogens is 232 g/mol. The first-order valence-electron chi connectivity index (χ1n) is 4.44. The zero-order valence-corrected chi connectivity index (χ0v) is 8.74. The van der Waals surface area contributed by atoms with Gasteiger partial charge < -0.3 is 4.74 Å². The van der Waals surface area contributed by atoms with E-state index >= 15 is 0 Å². The van der Waals surface area contributed by atoms with Crippen molar-refractivity contribution in [3.63, 3.8) is 0 Å². The fourth-order valence-electron chi connectivity index (χ4n) is 1.35. The van der Waals surface area contributed by atoms with Gasteiger partial charge in [-0.15, -0.1) is 0 Å². The second-order valence-electron chi connectivity index (χ2n) is 3.05. The summed E-state index contributed by atoms with van der Waals surface area (Å²) in [6.07, 6.45) is -2.64. The molecule has 0 aliphatic heterocycles. The highest BCUT2D eigenvalue weighted by molar-refractivity contribution is 5.94. The lowest BCUT2D eigenvalue weighted by molar-refractivity contribution is 0.0589. The third-order valence-electron chi connectivity index (χ3n) is 2.08. The molecule has 17 heavy (non-hydrogen) atoms. The van der Waals surface area contributed by atoms with Crippen LogP contribution in [-0.4, -0.2) is 19.4 Å². The average molecular weight is 239 g/mol. The van der Waals surface area contributed by atoms with Gasteiger partial charge in [-0.25, -0.2) is 13.6 Å². The molecule has 0 atom stereocenters. The monoisotopic (exact) mass is 239 g/mol. The number of nitrogens with zero attached hydrogens (tertiary/aromatic N) is 1. The summed E-state index contributed by atoms with van der Waals surface area (Å²) in [5.41, 5.74) is -1.63. The molecule has 1 aromatic rings.